The summed E-state index contributed by atoms with van der Waals surface area (Å²) in [5.41, 5.74) is 2.72. The molecule has 0 spiro atoms. The second-order valence-electron chi connectivity index (χ2n) is 4.86. The molecule has 1 aliphatic rings. The van der Waals surface area contributed by atoms with E-state index in [4.69, 9.17) is 0 Å². The molecule has 98 valence electrons. The lowest BCUT2D eigenvalue weighted by Crippen LogP contribution is -2.31. The monoisotopic (exact) mass is 296 g/mol. The van der Waals surface area contributed by atoms with E-state index < -0.39 is 0 Å². The van der Waals surface area contributed by atoms with Crippen LogP contribution in [-0.4, -0.2) is 0 Å². The van der Waals surface area contributed by atoms with Gasteiger partial charge in [0.1, 0.15) is 0 Å². The molecule has 0 saturated heterocycles. The number of aromatic nitrogens is 1. The van der Waals surface area contributed by atoms with Crippen LogP contribution in [0, 0.1) is 0 Å². The molecule has 0 aliphatic carbocycles. The number of para-hydroxylation sites is 1. The summed E-state index contributed by atoms with van der Waals surface area (Å²) in [7, 11) is 0. The van der Waals surface area contributed by atoms with Crippen LogP contribution in [0.4, 0.5) is 0 Å². The molecule has 2 heterocycles. The van der Waals surface area contributed by atoms with Gasteiger partial charge in [-0.25, -0.2) is 0 Å². The number of hydrogen-bond acceptors (Lipinski definition) is 2. The second kappa shape index (κ2) is 5.08. The highest BCUT2D eigenvalue weighted by Gasteiger charge is 2.29. The van der Waals surface area contributed by atoms with Crippen molar-refractivity contribution < 1.29 is 4.57 Å². The van der Waals surface area contributed by atoms with Crippen molar-refractivity contribution in [3.8, 4) is 5.69 Å². The summed E-state index contributed by atoms with van der Waals surface area (Å²) >= 11 is 3.83. The second-order valence-corrected chi connectivity index (χ2v) is 7.08. The topological polar surface area (TPSA) is 3.88 Å². The summed E-state index contributed by atoms with van der Waals surface area (Å²) in [5.74, 6) is 0. The predicted octanol–water partition coefficient (Wildman–Crippen LogP) is 4.41. The van der Waals surface area contributed by atoms with Gasteiger partial charge < -0.3 is 0 Å². The Morgan fingerprint density at radius 3 is 2.65 bits per heavy atom. The molecular formula is C17H14NS2+. The lowest BCUT2D eigenvalue weighted by molar-refractivity contribution is -0.600. The van der Waals surface area contributed by atoms with Crippen LogP contribution in [0.2, 0.25) is 0 Å². The van der Waals surface area contributed by atoms with Crippen LogP contribution < -0.4 is 4.57 Å². The van der Waals surface area contributed by atoms with Gasteiger partial charge in [-0.3, -0.25) is 0 Å². The first-order valence-corrected chi connectivity index (χ1v) is 8.47. The Bertz CT molecular complexity index is 734. The zero-order chi connectivity index (χ0) is 13.4. The van der Waals surface area contributed by atoms with Crippen molar-refractivity contribution in [2.24, 2.45) is 0 Å². The largest absolute Gasteiger partial charge is 0.244 e. The van der Waals surface area contributed by atoms with Crippen molar-refractivity contribution in [3.05, 3.63) is 76.7 Å². The van der Waals surface area contributed by atoms with E-state index >= 15 is 0 Å². The highest BCUT2D eigenvalue weighted by molar-refractivity contribution is 7.99. The van der Waals surface area contributed by atoms with Crippen molar-refractivity contribution in [1.29, 1.82) is 0 Å². The molecule has 1 aromatic heterocycles. The molecule has 3 heteroatoms. The zero-order valence-electron chi connectivity index (χ0n) is 10.9. The molecule has 0 saturated carbocycles. The number of thiazole rings is 1. The molecule has 0 amide bonds. The third-order valence-corrected chi connectivity index (χ3v) is 5.82. The van der Waals surface area contributed by atoms with Crippen LogP contribution in [0.1, 0.15) is 15.8 Å². The van der Waals surface area contributed by atoms with Gasteiger partial charge >= 0.3 is 0 Å². The SMILES string of the molecule is c1ccc(C2Cc3scc[n+]3-c3ccccc3S2)cc1. The van der Waals surface area contributed by atoms with Crippen molar-refractivity contribution in [2.75, 3.05) is 0 Å². The van der Waals surface area contributed by atoms with Gasteiger partial charge in [-0.1, -0.05) is 53.8 Å². The molecule has 1 atom stereocenters. The minimum absolute atomic E-state index is 0.491. The summed E-state index contributed by atoms with van der Waals surface area (Å²) in [4.78, 5) is 1.36. The van der Waals surface area contributed by atoms with Gasteiger partial charge in [-0.05, 0) is 11.6 Å². The Hall–Kier alpha value is -1.58. The lowest BCUT2D eigenvalue weighted by atomic mass is 10.1. The zero-order valence-corrected chi connectivity index (χ0v) is 12.5. The molecule has 20 heavy (non-hydrogen) atoms. The van der Waals surface area contributed by atoms with Crippen LogP contribution in [0.25, 0.3) is 5.69 Å². The molecule has 1 aliphatic heterocycles. The highest BCUT2D eigenvalue weighted by atomic mass is 32.2. The first-order chi connectivity index (χ1) is 9.92. The average molecular weight is 296 g/mol. The fraction of sp³-hybridized carbons (Fsp3) is 0.118. The van der Waals surface area contributed by atoms with E-state index in [1.54, 1.807) is 0 Å². The molecule has 0 fully saturated rings. The number of rotatable bonds is 1. The third-order valence-electron chi connectivity index (χ3n) is 3.61. The maximum absolute atomic E-state index is 2.34. The average Bonchev–Trinajstić information content (AvgIpc) is 2.90. The van der Waals surface area contributed by atoms with E-state index in [9.17, 15) is 0 Å². The lowest BCUT2D eigenvalue weighted by Gasteiger charge is -2.12. The molecule has 0 N–H and O–H groups in total. The molecule has 3 aromatic rings. The van der Waals surface area contributed by atoms with Crippen molar-refractivity contribution in [3.63, 3.8) is 0 Å². The molecule has 0 bridgehead atoms. The van der Waals surface area contributed by atoms with Gasteiger partial charge in [0.05, 0.1) is 16.7 Å². The highest BCUT2D eigenvalue weighted by Crippen LogP contribution is 2.41. The number of fused-ring (bicyclic) bond motifs is 3. The van der Waals surface area contributed by atoms with Crippen LogP contribution >= 0.6 is 23.1 Å². The molecule has 0 radical (unpaired) electrons. The van der Waals surface area contributed by atoms with Crippen molar-refractivity contribution in [1.82, 2.24) is 0 Å². The van der Waals surface area contributed by atoms with E-state index in [1.165, 1.54) is 21.2 Å². The van der Waals surface area contributed by atoms with Gasteiger partial charge in [0.15, 0.2) is 6.20 Å². The van der Waals surface area contributed by atoms with E-state index in [0.717, 1.165) is 6.42 Å². The summed E-state index contributed by atoms with van der Waals surface area (Å²) in [6.45, 7) is 0. The maximum atomic E-state index is 2.34. The summed E-state index contributed by atoms with van der Waals surface area (Å²) in [5, 5.41) is 4.10. The minimum Gasteiger partial charge on any atom is -0.153 e. The van der Waals surface area contributed by atoms with Crippen LogP contribution in [0.3, 0.4) is 0 Å². The first kappa shape index (κ1) is 12.2. The van der Waals surface area contributed by atoms with Gasteiger partial charge in [0.2, 0.25) is 10.7 Å². The normalized spacial score (nSPS) is 17.1. The summed E-state index contributed by atoms with van der Waals surface area (Å²) < 4.78 is 2.34. The molecular weight excluding hydrogens is 282 g/mol. The standard InChI is InChI=1S/C17H14NS2/c1-2-6-13(7-3-1)16-12-17-18(10-11-19-17)14-8-4-5-9-15(14)20-16/h1-11,16H,12H2/q+1. The summed E-state index contributed by atoms with van der Waals surface area (Å²) in [6, 6.07) is 19.5. The fourth-order valence-electron chi connectivity index (χ4n) is 2.63. The van der Waals surface area contributed by atoms with E-state index in [1.807, 2.05) is 23.1 Å². The predicted molar refractivity (Wildman–Crippen MR) is 84.6 cm³/mol. The summed E-state index contributed by atoms with van der Waals surface area (Å²) in [6.07, 6.45) is 3.27. The van der Waals surface area contributed by atoms with Gasteiger partial charge in [0.25, 0.3) is 0 Å². The Labute approximate surface area is 126 Å². The number of nitrogens with zero attached hydrogens (tertiary/aromatic N) is 1. The Balaban J connectivity index is 1.85. The fourth-order valence-corrected chi connectivity index (χ4v) is 4.90. The van der Waals surface area contributed by atoms with Gasteiger partial charge in [-0.15, -0.1) is 11.8 Å². The molecule has 1 nitrogen and oxygen atoms in total. The molecule has 2 aromatic carbocycles. The number of thioether (sulfide) groups is 1. The molecule has 1 unspecified atom stereocenters. The Morgan fingerprint density at radius 1 is 0.950 bits per heavy atom. The minimum atomic E-state index is 0.491. The van der Waals surface area contributed by atoms with Crippen molar-refractivity contribution in [2.45, 2.75) is 16.6 Å². The van der Waals surface area contributed by atoms with E-state index in [0.29, 0.717) is 5.25 Å². The van der Waals surface area contributed by atoms with Gasteiger partial charge in [0, 0.05) is 11.3 Å². The Kier molecular flexibility index (Phi) is 3.09. The van der Waals surface area contributed by atoms with E-state index in [-0.39, 0.29) is 0 Å². The third kappa shape index (κ3) is 2.07. The van der Waals surface area contributed by atoms with E-state index in [2.05, 4.69) is 70.7 Å². The number of hydrogen-bond donors (Lipinski definition) is 0. The van der Waals surface area contributed by atoms with Gasteiger partial charge in [-0.2, -0.15) is 4.57 Å². The smallest absolute Gasteiger partial charge is 0.153 e. The van der Waals surface area contributed by atoms with Crippen molar-refractivity contribution >= 4 is 23.1 Å². The Morgan fingerprint density at radius 2 is 1.75 bits per heavy atom. The first-order valence-electron chi connectivity index (χ1n) is 6.71. The maximum Gasteiger partial charge on any atom is 0.244 e. The van der Waals surface area contributed by atoms with Crippen LogP contribution in [0.5, 0.6) is 0 Å². The number of benzene rings is 2. The van der Waals surface area contributed by atoms with Crippen LogP contribution in [0.15, 0.2) is 71.1 Å². The van der Waals surface area contributed by atoms with Crippen LogP contribution in [-0.2, 0) is 6.42 Å². The molecule has 4 rings (SSSR count). The quantitative estimate of drug-likeness (QED) is 0.601.